The summed E-state index contributed by atoms with van der Waals surface area (Å²) in [7, 11) is 0. The fourth-order valence-corrected chi connectivity index (χ4v) is 0. The lowest BCUT2D eigenvalue weighted by Crippen LogP contribution is -1.80. The van der Waals surface area contributed by atoms with Crippen molar-refractivity contribution in [2.45, 2.75) is 0 Å². The minimum Gasteiger partial charge on any atom is -0.412 e. The van der Waals surface area contributed by atoms with Gasteiger partial charge in [0.2, 0.25) is 0 Å². The Morgan fingerprint density at radius 1 is 1.00 bits per heavy atom. The monoisotopic (exact) mass is 78.1 g/mol. The van der Waals surface area contributed by atoms with Gasteiger partial charge in [-0.2, -0.15) is 0 Å². The van der Waals surface area contributed by atoms with Crippen molar-refractivity contribution in [2.75, 3.05) is 0 Å². The minimum absolute atomic E-state index is 0. The topological polar surface area (TPSA) is 108 Å². The van der Waals surface area contributed by atoms with Gasteiger partial charge in [-0.25, -0.2) is 0 Å². The Labute approximate surface area is 28.9 Å². The van der Waals surface area contributed by atoms with Crippen molar-refractivity contribution in [1.82, 2.24) is 0 Å². The van der Waals surface area contributed by atoms with Gasteiger partial charge in [0.1, 0.15) is 0 Å². The van der Waals surface area contributed by atoms with E-state index in [1.807, 2.05) is 0 Å². The van der Waals surface area contributed by atoms with Gasteiger partial charge < -0.3 is 17.2 Å². The molecule has 0 aromatic heterocycles. The minimum atomic E-state index is 0. The second-order valence-corrected chi connectivity index (χ2v) is 0.231. The summed E-state index contributed by atoms with van der Waals surface area (Å²) in [5, 5.41) is 5.28. The summed E-state index contributed by atoms with van der Waals surface area (Å²) in [5.74, 6) is 8.72. The Hall–Kier alpha value is -0.840. The highest BCUT2D eigenvalue weighted by atomic mass is 16.0. The normalized spacial score (nSPS) is 7.20. The summed E-state index contributed by atoms with van der Waals surface area (Å²) >= 11 is 0. The molecule has 0 unspecified atom stereocenters. The summed E-state index contributed by atoms with van der Waals surface area (Å²) in [6, 6.07) is 0. The fraction of sp³-hybridized carbons (Fsp3) is 0. The van der Waals surface area contributed by atoms with Gasteiger partial charge in [-0.05, 0) is 0 Å². The fourth-order valence-electron chi connectivity index (χ4n) is 0. The molecule has 32 valence electrons. The average Bonchev–Trinajstić information content (AvgIpc) is 1.37. The van der Waals surface area contributed by atoms with Crippen LogP contribution in [0.15, 0.2) is 10.4 Å². The van der Waals surface area contributed by atoms with E-state index in [1.54, 1.807) is 0 Å². The third-order valence-electron chi connectivity index (χ3n) is 0.0667. The lowest BCUT2D eigenvalue weighted by atomic mass is 12.6. The zero-order valence-electron chi connectivity index (χ0n) is 2.55. The first-order valence-corrected chi connectivity index (χ1v) is 0.716. The summed E-state index contributed by atoms with van der Waals surface area (Å²) in [5.41, 5.74) is 0. The molecule has 5 nitrogen and oxygen atoms in total. The van der Waals surface area contributed by atoms with Crippen LogP contribution in [0, 0.1) is 0 Å². The molecule has 0 saturated heterocycles. The van der Waals surface area contributed by atoms with E-state index >= 15 is 0 Å². The quantitative estimate of drug-likeness (QED) is 0.206. The molecule has 0 saturated carbocycles. The highest BCUT2D eigenvalue weighted by Crippen LogP contribution is 1.32. The molecule has 0 bridgehead atoms. The van der Waals surface area contributed by atoms with E-state index < -0.39 is 0 Å². The zero-order chi connectivity index (χ0) is 3.41. The van der Waals surface area contributed by atoms with Crippen LogP contribution in [0.1, 0.15) is 0 Å². The van der Waals surface area contributed by atoms with Gasteiger partial charge in [0, 0.05) is 0 Å². The molecule has 5 heavy (non-hydrogen) atoms. The first-order chi connectivity index (χ1) is 1.91. The Kier molecular flexibility index (Phi) is 19.5. The van der Waals surface area contributed by atoms with Gasteiger partial charge in [0.15, 0.2) is 0 Å². The first kappa shape index (κ1) is 8.90. The number of hydrogen-bond donors (Lipinski definition) is 2. The maximum Gasteiger partial charge on any atom is -0.0594 e. The van der Waals surface area contributed by atoms with Gasteiger partial charge in [-0.3, -0.25) is 0 Å². The molecule has 0 amide bonds. The molecular formula is H6N4O. The summed E-state index contributed by atoms with van der Waals surface area (Å²) in [6.07, 6.45) is 0. The largest absolute Gasteiger partial charge is 0.412 e. The highest BCUT2D eigenvalue weighted by molar-refractivity contribution is 3.79. The Bertz CT molecular complexity index is 18.8. The van der Waals surface area contributed by atoms with Crippen molar-refractivity contribution in [3.05, 3.63) is 0 Å². The zero-order valence-corrected chi connectivity index (χ0v) is 2.55. The van der Waals surface area contributed by atoms with Crippen molar-refractivity contribution in [3.8, 4) is 0 Å². The van der Waals surface area contributed by atoms with Crippen LogP contribution in [-0.4, -0.2) is 5.48 Å². The van der Waals surface area contributed by atoms with Gasteiger partial charge >= 0.3 is 0 Å². The SMILES string of the molecule is NN=NN.O. The van der Waals surface area contributed by atoms with Crippen molar-refractivity contribution in [3.63, 3.8) is 0 Å². The summed E-state index contributed by atoms with van der Waals surface area (Å²) in [6.45, 7) is 0. The van der Waals surface area contributed by atoms with Gasteiger partial charge in [0.25, 0.3) is 0 Å². The molecule has 0 fully saturated rings. The molecule has 0 aromatic rings. The third-order valence-corrected chi connectivity index (χ3v) is 0.0667. The molecule has 0 heterocycles. The highest BCUT2D eigenvalue weighted by Gasteiger charge is 1.28. The van der Waals surface area contributed by atoms with Gasteiger partial charge in [-0.1, -0.05) is 10.4 Å². The Morgan fingerprint density at radius 2 is 1.20 bits per heavy atom. The van der Waals surface area contributed by atoms with E-state index in [0.29, 0.717) is 0 Å². The molecule has 5 heteroatoms. The molecule has 0 rings (SSSR count). The van der Waals surface area contributed by atoms with E-state index in [2.05, 4.69) is 22.1 Å². The molecule has 0 aliphatic rings. The van der Waals surface area contributed by atoms with Crippen LogP contribution >= 0.6 is 0 Å². The lowest BCUT2D eigenvalue weighted by molar-refractivity contribution is 0.824. The molecule has 0 spiro atoms. The smallest absolute Gasteiger partial charge is 0.0594 e. The predicted octanol–water partition coefficient (Wildman–Crippen LogP) is -1.64. The molecule has 6 N–H and O–H groups in total. The second kappa shape index (κ2) is 11.0. The molecule has 0 aliphatic carbocycles. The Balaban J connectivity index is 0. The van der Waals surface area contributed by atoms with Crippen molar-refractivity contribution in [2.24, 2.45) is 22.1 Å². The van der Waals surface area contributed by atoms with Crippen LogP contribution in [0.25, 0.3) is 0 Å². The first-order valence-electron chi connectivity index (χ1n) is 0.716. The summed E-state index contributed by atoms with van der Waals surface area (Å²) < 4.78 is 0. The number of nitrogens with two attached hydrogens (primary N) is 2. The summed E-state index contributed by atoms with van der Waals surface area (Å²) in [4.78, 5) is 0. The van der Waals surface area contributed by atoms with Crippen LogP contribution in [0.3, 0.4) is 0 Å². The second-order valence-electron chi connectivity index (χ2n) is 0.231. The number of rotatable bonds is 0. The van der Waals surface area contributed by atoms with Crippen LogP contribution in [-0.2, 0) is 0 Å². The molecule has 0 atom stereocenters. The molecule has 0 aliphatic heterocycles. The number of nitrogens with zero attached hydrogens (tertiary/aromatic N) is 2. The van der Waals surface area contributed by atoms with Crippen molar-refractivity contribution >= 4 is 0 Å². The average molecular weight is 78.1 g/mol. The van der Waals surface area contributed by atoms with Crippen LogP contribution in [0.4, 0.5) is 0 Å². The predicted molar refractivity (Wildman–Crippen MR) is 16.8 cm³/mol. The third kappa shape index (κ3) is 166. The number of hydrogen-bond acceptors (Lipinski definition) is 2. The van der Waals surface area contributed by atoms with E-state index in [1.165, 1.54) is 0 Å². The lowest BCUT2D eigenvalue weighted by Gasteiger charge is -1.56. The van der Waals surface area contributed by atoms with E-state index in [4.69, 9.17) is 0 Å². The molecule has 0 aromatic carbocycles. The van der Waals surface area contributed by atoms with E-state index in [0.717, 1.165) is 0 Å². The van der Waals surface area contributed by atoms with Gasteiger partial charge in [0.05, 0.1) is 0 Å². The Morgan fingerprint density at radius 3 is 1.20 bits per heavy atom. The van der Waals surface area contributed by atoms with Crippen LogP contribution in [0.2, 0.25) is 0 Å². The maximum atomic E-state index is 4.36. The van der Waals surface area contributed by atoms with Crippen molar-refractivity contribution in [1.29, 1.82) is 0 Å². The van der Waals surface area contributed by atoms with Gasteiger partial charge in [-0.15, -0.1) is 0 Å². The van der Waals surface area contributed by atoms with E-state index in [-0.39, 0.29) is 5.48 Å². The standard InChI is InChI=1S/H4N4.H2O/c1-3-4-2;/h(H2,1,4)(H2,2,3);1H2. The van der Waals surface area contributed by atoms with E-state index in [9.17, 15) is 0 Å². The molecular weight excluding hydrogens is 72.0 g/mol. The van der Waals surface area contributed by atoms with Crippen LogP contribution in [0.5, 0.6) is 0 Å². The molecule has 0 radical (unpaired) electrons. The van der Waals surface area contributed by atoms with Crippen LogP contribution < -0.4 is 11.7 Å². The maximum absolute atomic E-state index is 4.36. The van der Waals surface area contributed by atoms with Crippen molar-refractivity contribution < 1.29 is 5.48 Å².